The molecule has 0 radical (unpaired) electrons. The van der Waals surface area contributed by atoms with E-state index in [4.69, 9.17) is 9.47 Å². The number of Topliss-reactive ketones (excluding diaryl/α,β-unsaturated/α-hetero) is 1. The van der Waals surface area contributed by atoms with Crippen LogP contribution in [0.3, 0.4) is 0 Å². The summed E-state index contributed by atoms with van der Waals surface area (Å²) in [7, 11) is 0. The number of thiophene rings is 1. The van der Waals surface area contributed by atoms with Gasteiger partial charge in [0.25, 0.3) is 0 Å². The lowest BCUT2D eigenvalue weighted by atomic mass is 9.92. The molecule has 0 aliphatic heterocycles. The van der Waals surface area contributed by atoms with Crippen LogP contribution in [-0.4, -0.2) is 18.4 Å². The predicted molar refractivity (Wildman–Crippen MR) is 84.1 cm³/mol. The lowest BCUT2D eigenvalue weighted by Gasteiger charge is -2.13. The molecule has 1 aliphatic rings. The SMILES string of the molecule is CCOC(=O)c1sc(Oc2ccccc2)c2c1CCCC2=O. The summed E-state index contributed by atoms with van der Waals surface area (Å²) in [5.74, 6) is 0.320. The van der Waals surface area contributed by atoms with Crippen LogP contribution >= 0.6 is 11.3 Å². The van der Waals surface area contributed by atoms with Gasteiger partial charge in [-0.15, -0.1) is 0 Å². The van der Waals surface area contributed by atoms with Crippen LogP contribution in [0.25, 0.3) is 0 Å². The Morgan fingerprint density at radius 2 is 2.00 bits per heavy atom. The number of carbonyl (C=O) groups is 2. The van der Waals surface area contributed by atoms with Gasteiger partial charge in [-0.2, -0.15) is 0 Å². The fourth-order valence-electron chi connectivity index (χ4n) is 2.54. The van der Waals surface area contributed by atoms with E-state index in [0.29, 0.717) is 40.7 Å². The van der Waals surface area contributed by atoms with Crippen molar-refractivity contribution in [1.82, 2.24) is 0 Å². The topological polar surface area (TPSA) is 52.6 Å². The van der Waals surface area contributed by atoms with Crippen LogP contribution in [0.1, 0.15) is 45.4 Å². The zero-order chi connectivity index (χ0) is 15.5. The average molecular weight is 316 g/mol. The minimum absolute atomic E-state index is 0.0407. The van der Waals surface area contributed by atoms with Crippen LogP contribution in [0.4, 0.5) is 0 Å². The van der Waals surface area contributed by atoms with Crippen molar-refractivity contribution < 1.29 is 19.1 Å². The van der Waals surface area contributed by atoms with Crippen LogP contribution in [0.5, 0.6) is 10.8 Å². The summed E-state index contributed by atoms with van der Waals surface area (Å²) in [6, 6.07) is 9.27. The van der Waals surface area contributed by atoms with Crippen molar-refractivity contribution in [1.29, 1.82) is 0 Å². The number of fused-ring (bicyclic) bond motifs is 1. The van der Waals surface area contributed by atoms with Crippen molar-refractivity contribution >= 4 is 23.1 Å². The molecule has 114 valence electrons. The van der Waals surface area contributed by atoms with Crippen molar-refractivity contribution in [2.24, 2.45) is 0 Å². The second-order valence-corrected chi connectivity index (χ2v) is 5.97. The fourth-order valence-corrected chi connectivity index (χ4v) is 3.67. The van der Waals surface area contributed by atoms with Crippen LogP contribution in [0, 0.1) is 0 Å². The number of para-hydroxylation sites is 1. The number of rotatable bonds is 4. The molecular formula is C17H16O4S. The maximum absolute atomic E-state index is 12.3. The van der Waals surface area contributed by atoms with Gasteiger partial charge in [0.05, 0.1) is 12.2 Å². The molecule has 0 saturated carbocycles. The van der Waals surface area contributed by atoms with E-state index in [1.165, 1.54) is 11.3 Å². The summed E-state index contributed by atoms with van der Waals surface area (Å²) in [6.07, 6.45) is 1.97. The molecule has 1 aliphatic carbocycles. The normalized spacial score (nSPS) is 13.6. The van der Waals surface area contributed by atoms with Crippen LogP contribution in [0.15, 0.2) is 30.3 Å². The summed E-state index contributed by atoms with van der Waals surface area (Å²) in [6.45, 7) is 2.08. The molecular weight excluding hydrogens is 300 g/mol. The van der Waals surface area contributed by atoms with E-state index in [1.54, 1.807) is 6.92 Å². The van der Waals surface area contributed by atoms with Gasteiger partial charge in [-0.3, -0.25) is 4.79 Å². The molecule has 0 fully saturated rings. The lowest BCUT2D eigenvalue weighted by Crippen LogP contribution is -2.13. The van der Waals surface area contributed by atoms with E-state index < -0.39 is 0 Å². The molecule has 1 aromatic carbocycles. The van der Waals surface area contributed by atoms with Gasteiger partial charge >= 0.3 is 5.97 Å². The molecule has 0 amide bonds. The first kappa shape index (κ1) is 14.8. The second-order valence-electron chi connectivity index (χ2n) is 4.98. The minimum Gasteiger partial charge on any atom is -0.462 e. The zero-order valence-electron chi connectivity index (χ0n) is 12.3. The van der Waals surface area contributed by atoms with Crippen molar-refractivity contribution in [3.63, 3.8) is 0 Å². The number of carbonyl (C=O) groups excluding carboxylic acids is 2. The monoisotopic (exact) mass is 316 g/mol. The molecule has 22 heavy (non-hydrogen) atoms. The first-order chi connectivity index (χ1) is 10.7. The molecule has 0 saturated heterocycles. The van der Waals surface area contributed by atoms with Crippen LogP contribution in [-0.2, 0) is 11.2 Å². The third kappa shape index (κ3) is 2.76. The zero-order valence-corrected chi connectivity index (χ0v) is 13.1. The summed E-state index contributed by atoms with van der Waals surface area (Å²) in [5.41, 5.74) is 1.34. The quantitative estimate of drug-likeness (QED) is 0.792. The maximum atomic E-state index is 12.3. The largest absolute Gasteiger partial charge is 0.462 e. The number of hydrogen-bond donors (Lipinski definition) is 0. The van der Waals surface area contributed by atoms with Crippen molar-refractivity contribution in [2.75, 3.05) is 6.61 Å². The molecule has 4 nitrogen and oxygen atoms in total. The highest BCUT2D eigenvalue weighted by Gasteiger charge is 2.31. The number of hydrogen-bond acceptors (Lipinski definition) is 5. The summed E-state index contributed by atoms with van der Waals surface area (Å²) >= 11 is 1.20. The third-order valence-electron chi connectivity index (χ3n) is 3.50. The first-order valence-electron chi connectivity index (χ1n) is 7.29. The standard InChI is InChI=1S/C17H16O4S/c1-2-20-16(19)15-12-9-6-10-13(18)14(12)17(22-15)21-11-7-4-3-5-8-11/h3-5,7-8H,2,6,9-10H2,1H3. The highest BCUT2D eigenvalue weighted by Crippen LogP contribution is 2.42. The van der Waals surface area contributed by atoms with Crippen molar-refractivity contribution in [3.8, 4) is 10.8 Å². The average Bonchev–Trinajstić information content (AvgIpc) is 2.89. The second kappa shape index (κ2) is 6.32. The Morgan fingerprint density at radius 1 is 1.23 bits per heavy atom. The summed E-state index contributed by atoms with van der Waals surface area (Å²) < 4.78 is 10.9. The highest BCUT2D eigenvalue weighted by atomic mass is 32.1. The highest BCUT2D eigenvalue weighted by molar-refractivity contribution is 7.16. The molecule has 0 unspecified atom stereocenters. The molecule has 0 bridgehead atoms. The molecule has 0 N–H and O–H groups in total. The van der Waals surface area contributed by atoms with E-state index in [1.807, 2.05) is 30.3 Å². The predicted octanol–water partition coefficient (Wildman–Crippen LogP) is 4.24. The van der Waals surface area contributed by atoms with Gasteiger partial charge in [-0.05, 0) is 37.5 Å². The molecule has 1 heterocycles. The molecule has 1 aromatic heterocycles. The Kier molecular flexibility index (Phi) is 4.24. The summed E-state index contributed by atoms with van der Waals surface area (Å²) in [4.78, 5) is 24.9. The van der Waals surface area contributed by atoms with Gasteiger partial charge < -0.3 is 9.47 Å². The Hall–Kier alpha value is -2.14. The first-order valence-corrected chi connectivity index (χ1v) is 8.11. The maximum Gasteiger partial charge on any atom is 0.348 e. The smallest absolute Gasteiger partial charge is 0.348 e. The number of benzene rings is 1. The van der Waals surface area contributed by atoms with Crippen molar-refractivity contribution in [3.05, 3.63) is 46.3 Å². The molecule has 3 rings (SSSR count). The van der Waals surface area contributed by atoms with E-state index in [-0.39, 0.29) is 11.8 Å². The fraction of sp³-hybridized carbons (Fsp3) is 0.294. The van der Waals surface area contributed by atoms with Gasteiger partial charge in [0.1, 0.15) is 10.6 Å². The van der Waals surface area contributed by atoms with Gasteiger partial charge in [0, 0.05) is 6.42 Å². The molecule has 2 aromatic rings. The van der Waals surface area contributed by atoms with Crippen LogP contribution in [0.2, 0.25) is 0 Å². The third-order valence-corrected chi connectivity index (χ3v) is 4.59. The Balaban J connectivity index is 2.02. The molecule has 0 spiro atoms. The van der Waals surface area contributed by atoms with E-state index in [2.05, 4.69) is 0 Å². The summed E-state index contributed by atoms with van der Waals surface area (Å²) in [5, 5.41) is 0.494. The van der Waals surface area contributed by atoms with Gasteiger partial charge in [0.2, 0.25) is 0 Å². The van der Waals surface area contributed by atoms with E-state index in [9.17, 15) is 9.59 Å². The van der Waals surface area contributed by atoms with E-state index in [0.717, 1.165) is 12.0 Å². The number of ketones is 1. The van der Waals surface area contributed by atoms with Crippen LogP contribution < -0.4 is 4.74 Å². The van der Waals surface area contributed by atoms with Gasteiger partial charge in [0.15, 0.2) is 10.8 Å². The van der Waals surface area contributed by atoms with Crippen molar-refractivity contribution in [2.45, 2.75) is 26.2 Å². The van der Waals surface area contributed by atoms with Gasteiger partial charge in [-0.1, -0.05) is 29.5 Å². The number of ether oxygens (including phenoxy) is 2. The molecule has 0 atom stereocenters. The Morgan fingerprint density at radius 3 is 2.73 bits per heavy atom. The Labute approximate surface area is 132 Å². The lowest BCUT2D eigenvalue weighted by molar-refractivity contribution is 0.0531. The van der Waals surface area contributed by atoms with Gasteiger partial charge in [-0.25, -0.2) is 4.79 Å². The minimum atomic E-state index is -0.374. The molecule has 5 heteroatoms. The van der Waals surface area contributed by atoms with E-state index >= 15 is 0 Å². The Bertz CT molecular complexity index is 703. The number of esters is 1.